The summed E-state index contributed by atoms with van der Waals surface area (Å²) in [5.41, 5.74) is 0. The van der Waals surface area contributed by atoms with Crippen molar-refractivity contribution < 1.29 is 0 Å². The molecule has 0 N–H and O–H groups in total. The van der Waals surface area contributed by atoms with Crippen LogP contribution in [0.2, 0.25) is 0 Å². The zero-order valence-electron chi connectivity index (χ0n) is 9.32. The van der Waals surface area contributed by atoms with Crippen LogP contribution in [0.15, 0.2) is 25.3 Å². The van der Waals surface area contributed by atoms with Gasteiger partial charge < -0.3 is 4.90 Å². The van der Waals surface area contributed by atoms with Crippen molar-refractivity contribution >= 4 is 0 Å². The minimum absolute atomic E-state index is 0.670. The molecule has 1 saturated carbocycles. The van der Waals surface area contributed by atoms with Crippen molar-refractivity contribution in [2.75, 3.05) is 13.6 Å². The summed E-state index contributed by atoms with van der Waals surface area (Å²) in [6, 6.07) is 0.809. The van der Waals surface area contributed by atoms with Crippen LogP contribution in [0.1, 0.15) is 13.3 Å². The van der Waals surface area contributed by atoms with Crippen molar-refractivity contribution in [3.05, 3.63) is 25.3 Å². The Bertz CT molecular complexity index is 246. The largest absolute Gasteiger partial charge is 0.302 e. The molecule has 2 aliphatic rings. The average Bonchev–Trinajstić information content (AvgIpc) is 2.11. The van der Waals surface area contributed by atoms with Crippen LogP contribution in [0.5, 0.6) is 0 Å². The van der Waals surface area contributed by atoms with E-state index in [1.165, 1.54) is 13.0 Å². The molecule has 5 atom stereocenters. The second kappa shape index (κ2) is 3.54. The summed E-state index contributed by atoms with van der Waals surface area (Å²) in [5.74, 6) is 3.03. The Hall–Kier alpha value is -0.560. The van der Waals surface area contributed by atoms with Gasteiger partial charge in [-0.3, -0.25) is 0 Å². The first-order valence-electron chi connectivity index (χ1n) is 5.64. The van der Waals surface area contributed by atoms with E-state index in [0.29, 0.717) is 5.92 Å². The Morgan fingerprint density at radius 2 is 1.86 bits per heavy atom. The number of likely N-dealkylation sites (tertiary alicyclic amines) is 1. The molecule has 14 heavy (non-hydrogen) atoms. The van der Waals surface area contributed by atoms with E-state index in [2.05, 4.69) is 44.2 Å². The van der Waals surface area contributed by atoms with Crippen LogP contribution in [0, 0.1) is 23.7 Å². The smallest absolute Gasteiger partial charge is 0.0135 e. The van der Waals surface area contributed by atoms with Crippen LogP contribution in [-0.4, -0.2) is 24.5 Å². The maximum absolute atomic E-state index is 3.95. The fraction of sp³-hybridized carbons (Fsp3) is 0.692. The first-order chi connectivity index (χ1) is 6.69. The Kier molecular flexibility index (Phi) is 2.52. The van der Waals surface area contributed by atoms with Gasteiger partial charge in [0.05, 0.1) is 0 Å². The Morgan fingerprint density at radius 3 is 2.43 bits per heavy atom. The van der Waals surface area contributed by atoms with Gasteiger partial charge in [0.15, 0.2) is 0 Å². The lowest BCUT2D eigenvalue weighted by atomic mass is 9.58. The van der Waals surface area contributed by atoms with Crippen LogP contribution in [-0.2, 0) is 0 Å². The lowest BCUT2D eigenvalue weighted by Crippen LogP contribution is -2.59. The van der Waals surface area contributed by atoms with Crippen molar-refractivity contribution in [2.45, 2.75) is 19.4 Å². The minimum atomic E-state index is 0.670. The molecule has 1 nitrogen and oxygen atoms in total. The standard InChI is InChI=1S/C13H21N/c1-5-10-7-12-13(10)9(3)11(6-2)8-14(12)4/h5-6,9-13H,1-2,7-8H2,3-4H3/t9-,10?,11?,12?,13-/m1/s1. The van der Waals surface area contributed by atoms with Crippen molar-refractivity contribution in [1.29, 1.82) is 0 Å². The maximum Gasteiger partial charge on any atom is 0.0135 e. The first-order valence-corrected chi connectivity index (χ1v) is 5.64. The minimum Gasteiger partial charge on any atom is -0.302 e. The van der Waals surface area contributed by atoms with Gasteiger partial charge in [-0.15, -0.1) is 13.2 Å². The second-order valence-electron chi connectivity index (χ2n) is 4.98. The maximum atomic E-state index is 3.95. The molecule has 0 radical (unpaired) electrons. The van der Waals surface area contributed by atoms with Gasteiger partial charge in [-0.25, -0.2) is 0 Å². The number of nitrogens with zero attached hydrogens (tertiary/aromatic N) is 1. The summed E-state index contributed by atoms with van der Waals surface area (Å²) < 4.78 is 0. The van der Waals surface area contributed by atoms with Crippen LogP contribution in [0.4, 0.5) is 0 Å². The molecular weight excluding hydrogens is 170 g/mol. The first kappa shape index (κ1) is 9.97. The molecule has 2 rings (SSSR count). The van der Waals surface area contributed by atoms with E-state index < -0.39 is 0 Å². The third kappa shape index (κ3) is 1.26. The van der Waals surface area contributed by atoms with Gasteiger partial charge in [-0.05, 0) is 37.1 Å². The van der Waals surface area contributed by atoms with Gasteiger partial charge in [0.1, 0.15) is 0 Å². The van der Waals surface area contributed by atoms with Gasteiger partial charge in [0.25, 0.3) is 0 Å². The van der Waals surface area contributed by atoms with Gasteiger partial charge in [0.2, 0.25) is 0 Å². The zero-order chi connectivity index (χ0) is 10.3. The Morgan fingerprint density at radius 1 is 1.21 bits per heavy atom. The van der Waals surface area contributed by atoms with Crippen molar-refractivity contribution in [1.82, 2.24) is 4.90 Å². The molecule has 0 spiro atoms. The topological polar surface area (TPSA) is 3.24 Å². The van der Waals surface area contributed by atoms with Crippen LogP contribution in [0.3, 0.4) is 0 Å². The summed E-state index contributed by atoms with van der Waals surface area (Å²) in [4.78, 5) is 2.51. The molecule has 2 fully saturated rings. The summed E-state index contributed by atoms with van der Waals surface area (Å²) >= 11 is 0. The molecule has 0 bridgehead atoms. The van der Waals surface area contributed by atoms with Crippen LogP contribution >= 0.6 is 0 Å². The predicted molar refractivity (Wildman–Crippen MR) is 61.1 cm³/mol. The SMILES string of the molecule is C=CC1CC2[C@@H]1[C@H](C)C(C=C)CN2C. The normalized spacial score (nSPS) is 47.7. The molecule has 3 unspecified atom stereocenters. The van der Waals surface area contributed by atoms with Crippen molar-refractivity contribution in [3.8, 4) is 0 Å². The molecule has 0 amide bonds. The van der Waals surface area contributed by atoms with E-state index in [1.54, 1.807) is 0 Å². The van der Waals surface area contributed by atoms with E-state index in [-0.39, 0.29) is 0 Å². The summed E-state index contributed by atoms with van der Waals surface area (Å²) in [5, 5.41) is 0. The average molecular weight is 191 g/mol. The molecule has 78 valence electrons. The molecule has 1 heteroatoms. The lowest BCUT2D eigenvalue weighted by molar-refractivity contribution is -0.0529. The number of fused-ring (bicyclic) bond motifs is 1. The number of hydrogen-bond donors (Lipinski definition) is 0. The molecule has 1 heterocycles. The van der Waals surface area contributed by atoms with E-state index in [1.807, 2.05) is 0 Å². The van der Waals surface area contributed by atoms with E-state index in [4.69, 9.17) is 0 Å². The highest BCUT2D eigenvalue weighted by Gasteiger charge is 2.49. The fourth-order valence-corrected chi connectivity index (χ4v) is 3.36. The number of piperidine rings is 1. The molecular formula is C13H21N. The Labute approximate surface area is 87.5 Å². The predicted octanol–water partition coefficient (Wildman–Crippen LogP) is 2.56. The van der Waals surface area contributed by atoms with Crippen LogP contribution < -0.4 is 0 Å². The van der Waals surface area contributed by atoms with Gasteiger partial charge >= 0.3 is 0 Å². The number of hydrogen-bond acceptors (Lipinski definition) is 1. The molecule has 1 saturated heterocycles. The van der Waals surface area contributed by atoms with Crippen LogP contribution in [0.25, 0.3) is 0 Å². The van der Waals surface area contributed by atoms with Gasteiger partial charge in [0, 0.05) is 12.6 Å². The third-order valence-electron chi connectivity index (χ3n) is 4.41. The Balaban J connectivity index is 2.14. The summed E-state index contributed by atoms with van der Waals surface area (Å²) in [6.07, 6.45) is 5.60. The zero-order valence-corrected chi connectivity index (χ0v) is 9.32. The van der Waals surface area contributed by atoms with E-state index in [9.17, 15) is 0 Å². The monoisotopic (exact) mass is 191 g/mol. The highest BCUT2D eigenvalue weighted by molar-refractivity contribution is 5.09. The quantitative estimate of drug-likeness (QED) is 0.606. The van der Waals surface area contributed by atoms with Gasteiger partial charge in [-0.2, -0.15) is 0 Å². The molecule has 0 aromatic rings. The highest BCUT2D eigenvalue weighted by atomic mass is 15.2. The fourth-order valence-electron chi connectivity index (χ4n) is 3.36. The molecule has 1 aliphatic heterocycles. The molecule has 0 aromatic carbocycles. The highest BCUT2D eigenvalue weighted by Crippen LogP contribution is 2.49. The number of rotatable bonds is 2. The van der Waals surface area contributed by atoms with E-state index in [0.717, 1.165) is 23.8 Å². The molecule has 1 aliphatic carbocycles. The van der Waals surface area contributed by atoms with Crippen molar-refractivity contribution in [2.24, 2.45) is 23.7 Å². The number of allylic oxidation sites excluding steroid dienone is 1. The van der Waals surface area contributed by atoms with Gasteiger partial charge in [-0.1, -0.05) is 19.1 Å². The summed E-state index contributed by atoms with van der Waals surface area (Å²) in [6.45, 7) is 11.5. The second-order valence-corrected chi connectivity index (χ2v) is 4.98. The summed E-state index contributed by atoms with van der Waals surface area (Å²) in [7, 11) is 2.25. The van der Waals surface area contributed by atoms with Crippen molar-refractivity contribution in [3.63, 3.8) is 0 Å². The third-order valence-corrected chi connectivity index (χ3v) is 4.41. The lowest BCUT2D eigenvalue weighted by Gasteiger charge is -2.57. The van der Waals surface area contributed by atoms with E-state index >= 15 is 0 Å². The molecule has 0 aromatic heterocycles.